The van der Waals surface area contributed by atoms with Crippen molar-refractivity contribution in [2.45, 2.75) is 58.8 Å². The number of H-pyrrole nitrogens is 1. The number of aryl methyl sites for hydroxylation is 1. The molecule has 1 aromatic heterocycles. The van der Waals surface area contributed by atoms with E-state index in [-0.39, 0.29) is 11.8 Å². The lowest BCUT2D eigenvalue weighted by molar-refractivity contribution is -0.383. The monoisotopic (exact) mass is 453 g/mol. The van der Waals surface area contributed by atoms with Gasteiger partial charge in [0.1, 0.15) is 5.75 Å². The largest absolute Gasteiger partial charge is 0.493 e. The van der Waals surface area contributed by atoms with Crippen LogP contribution >= 0.6 is 0 Å². The van der Waals surface area contributed by atoms with E-state index in [1.807, 2.05) is 0 Å². The predicted octanol–water partition coefficient (Wildman–Crippen LogP) is 4.15. The molecular formula is C26H37N4O3+. The molecule has 1 saturated heterocycles. The number of aromatic amines is 1. The van der Waals surface area contributed by atoms with Crippen molar-refractivity contribution >= 4 is 17.5 Å². The Balaban J connectivity index is 1.27. The first kappa shape index (κ1) is 23.3. The number of carbonyl (C=O) groups excluding carboxylic acids is 1. The molecule has 1 atom stereocenters. The first-order valence-electron chi connectivity index (χ1n) is 12.2. The maximum Gasteiger partial charge on any atom is 0.435 e. The summed E-state index contributed by atoms with van der Waals surface area (Å²) in [5.74, 6) is 2.98. The van der Waals surface area contributed by atoms with Crippen molar-refractivity contribution in [2.24, 2.45) is 11.8 Å². The van der Waals surface area contributed by atoms with Gasteiger partial charge in [-0.25, -0.2) is 9.51 Å². The van der Waals surface area contributed by atoms with E-state index in [1.165, 1.54) is 11.1 Å². The highest BCUT2D eigenvalue weighted by atomic mass is 16.5. The van der Waals surface area contributed by atoms with Crippen LogP contribution in [0.2, 0.25) is 0 Å². The summed E-state index contributed by atoms with van der Waals surface area (Å²) in [5, 5.41) is 6.90. The molecule has 1 aliphatic carbocycles. The zero-order chi connectivity index (χ0) is 23.4. The number of nitrogens with zero attached hydrogens (tertiary/aromatic N) is 2. The topological polar surface area (TPSA) is 81.7 Å². The predicted molar refractivity (Wildman–Crippen MR) is 128 cm³/mol. The molecule has 1 amide bonds. The van der Waals surface area contributed by atoms with Crippen molar-refractivity contribution in [1.82, 2.24) is 10.5 Å². The second-order valence-corrected chi connectivity index (χ2v) is 9.69. The number of aromatic nitrogens is 2. The number of benzene rings is 1. The standard InChI is InChI=1S/C26H36N4O3/c1-17(2)24-28-26(33-29-24)30-13-11-19(12-14-30)16-32-23-10-9-22(15-18(23)3)20-5-7-21(8-6-20)25(31)27-4/h5,9-10,15,17,19,21H,6-8,11-14,16H2,1-4H3,(H,27,31)/p+1. The molecule has 1 aromatic carbocycles. The smallest absolute Gasteiger partial charge is 0.435 e. The summed E-state index contributed by atoms with van der Waals surface area (Å²) >= 11 is 0. The van der Waals surface area contributed by atoms with Gasteiger partial charge in [0.25, 0.3) is 5.82 Å². The molecule has 4 rings (SSSR count). The van der Waals surface area contributed by atoms with Gasteiger partial charge in [-0.3, -0.25) is 9.69 Å². The van der Waals surface area contributed by atoms with Crippen LogP contribution in [0, 0.1) is 18.8 Å². The average molecular weight is 454 g/mol. The van der Waals surface area contributed by atoms with Gasteiger partial charge in [-0.15, -0.1) is 0 Å². The number of hydrogen-bond donors (Lipinski definition) is 1. The quantitative estimate of drug-likeness (QED) is 0.681. The number of carbonyl (C=O) groups is 1. The van der Waals surface area contributed by atoms with Gasteiger partial charge in [-0.1, -0.05) is 26.0 Å². The van der Waals surface area contributed by atoms with Crippen LogP contribution in [0.3, 0.4) is 0 Å². The fourth-order valence-electron chi connectivity index (χ4n) is 4.69. The number of hydrogen-bond acceptors (Lipinski definition) is 5. The Bertz CT molecular complexity index is 989. The molecule has 2 heterocycles. The maximum absolute atomic E-state index is 11.9. The lowest BCUT2D eigenvalue weighted by atomic mass is 9.86. The molecule has 33 heavy (non-hydrogen) atoms. The fraction of sp³-hybridized carbons (Fsp3) is 0.577. The summed E-state index contributed by atoms with van der Waals surface area (Å²) in [4.78, 5) is 17.4. The van der Waals surface area contributed by atoms with Gasteiger partial charge in [0.2, 0.25) is 5.91 Å². The third-order valence-electron chi connectivity index (χ3n) is 6.96. The summed E-state index contributed by atoms with van der Waals surface area (Å²) in [5.41, 5.74) is 3.74. The molecule has 2 N–H and O–H groups in total. The van der Waals surface area contributed by atoms with Gasteiger partial charge in [-0.2, -0.15) is 0 Å². The zero-order valence-electron chi connectivity index (χ0n) is 20.3. The van der Waals surface area contributed by atoms with Crippen molar-refractivity contribution in [3.05, 3.63) is 41.2 Å². The molecule has 0 saturated carbocycles. The molecule has 1 fully saturated rings. The van der Waals surface area contributed by atoms with E-state index in [0.717, 1.165) is 75.0 Å². The van der Waals surface area contributed by atoms with Crippen LogP contribution in [-0.4, -0.2) is 37.8 Å². The van der Waals surface area contributed by atoms with Crippen molar-refractivity contribution in [1.29, 1.82) is 0 Å². The summed E-state index contributed by atoms with van der Waals surface area (Å²) < 4.78 is 11.7. The van der Waals surface area contributed by atoms with Gasteiger partial charge >= 0.3 is 6.01 Å². The van der Waals surface area contributed by atoms with Crippen LogP contribution in [0.4, 0.5) is 6.01 Å². The minimum absolute atomic E-state index is 0.105. The van der Waals surface area contributed by atoms with Gasteiger partial charge < -0.3 is 10.1 Å². The Hall–Kier alpha value is -2.83. The first-order chi connectivity index (χ1) is 15.9. The number of amides is 1. The fourth-order valence-corrected chi connectivity index (χ4v) is 4.69. The minimum atomic E-state index is 0.105. The molecule has 2 aromatic rings. The summed E-state index contributed by atoms with van der Waals surface area (Å²) in [6, 6.07) is 7.24. The van der Waals surface area contributed by atoms with Crippen LogP contribution in [-0.2, 0) is 4.79 Å². The third kappa shape index (κ3) is 5.57. The van der Waals surface area contributed by atoms with Crippen molar-refractivity contribution < 1.29 is 19.0 Å². The molecule has 1 unspecified atom stereocenters. The van der Waals surface area contributed by atoms with Crippen LogP contribution in [0.25, 0.3) is 5.57 Å². The van der Waals surface area contributed by atoms with Gasteiger partial charge in [-0.05, 0) is 73.8 Å². The zero-order valence-corrected chi connectivity index (χ0v) is 20.3. The average Bonchev–Trinajstić information content (AvgIpc) is 3.34. The van der Waals surface area contributed by atoms with Crippen LogP contribution in [0.15, 0.2) is 28.8 Å². The van der Waals surface area contributed by atoms with E-state index >= 15 is 0 Å². The second kappa shape index (κ2) is 10.4. The Morgan fingerprint density at radius 2 is 2.09 bits per heavy atom. The molecule has 178 valence electrons. The highest BCUT2D eigenvalue weighted by Crippen LogP contribution is 2.33. The van der Waals surface area contributed by atoms with E-state index in [1.54, 1.807) is 7.05 Å². The van der Waals surface area contributed by atoms with Crippen molar-refractivity contribution in [2.75, 3.05) is 31.6 Å². The summed E-state index contributed by atoms with van der Waals surface area (Å²) in [6.07, 6.45) is 7.03. The molecule has 0 bridgehead atoms. The minimum Gasteiger partial charge on any atom is -0.493 e. The van der Waals surface area contributed by atoms with E-state index in [9.17, 15) is 4.79 Å². The van der Waals surface area contributed by atoms with Crippen molar-refractivity contribution in [3.8, 4) is 5.75 Å². The van der Waals surface area contributed by atoms with E-state index in [4.69, 9.17) is 9.26 Å². The number of nitrogens with one attached hydrogen (secondary N) is 2. The van der Waals surface area contributed by atoms with Crippen molar-refractivity contribution in [3.63, 3.8) is 0 Å². The summed E-state index contributed by atoms with van der Waals surface area (Å²) in [6.45, 7) is 8.95. The van der Waals surface area contributed by atoms with Gasteiger partial charge in [0.05, 0.1) is 24.9 Å². The Kier molecular flexibility index (Phi) is 7.36. The first-order valence-corrected chi connectivity index (χ1v) is 12.2. The maximum atomic E-state index is 11.9. The number of rotatable bonds is 7. The highest BCUT2D eigenvalue weighted by molar-refractivity contribution is 5.80. The van der Waals surface area contributed by atoms with E-state index in [2.05, 4.69) is 65.4 Å². The van der Waals surface area contributed by atoms with Crippen LogP contribution < -0.4 is 19.9 Å². The van der Waals surface area contributed by atoms with Crippen LogP contribution in [0.5, 0.6) is 5.75 Å². The Morgan fingerprint density at radius 3 is 2.70 bits per heavy atom. The number of anilines is 1. The molecular weight excluding hydrogens is 416 g/mol. The molecule has 0 spiro atoms. The molecule has 1 aliphatic heterocycles. The Morgan fingerprint density at radius 1 is 1.30 bits per heavy atom. The molecule has 7 nitrogen and oxygen atoms in total. The van der Waals surface area contributed by atoms with Crippen LogP contribution in [0.1, 0.15) is 68.8 Å². The van der Waals surface area contributed by atoms with Gasteiger partial charge in [0.15, 0.2) is 0 Å². The number of ether oxygens (including phenoxy) is 1. The number of allylic oxidation sites excluding steroid dienone is 2. The van der Waals surface area contributed by atoms with Gasteiger partial charge in [0, 0.05) is 18.9 Å². The van der Waals surface area contributed by atoms with E-state index < -0.39 is 0 Å². The third-order valence-corrected chi connectivity index (χ3v) is 6.96. The Labute approximate surface area is 196 Å². The lowest BCUT2D eigenvalue weighted by Gasteiger charge is -2.27. The normalized spacial score (nSPS) is 19.5. The molecule has 7 heteroatoms. The molecule has 2 aliphatic rings. The summed E-state index contributed by atoms with van der Waals surface area (Å²) in [7, 11) is 1.71. The molecule has 0 radical (unpaired) electrons. The second-order valence-electron chi connectivity index (χ2n) is 9.69. The number of piperidine rings is 1. The lowest BCUT2D eigenvalue weighted by Crippen LogP contribution is -2.38. The highest BCUT2D eigenvalue weighted by Gasteiger charge is 2.28. The SMILES string of the molecule is CNC(=O)C1CC=C(c2ccc(OCC3CCN(c4[nH+]c(C(C)C)no4)CC3)c(C)c2)CC1. The van der Waals surface area contributed by atoms with E-state index in [0.29, 0.717) is 11.8 Å².